The van der Waals surface area contributed by atoms with Crippen molar-refractivity contribution in [1.82, 2.24) is 0 Å². The monoisotopic (exact) mass is 170 g/mol. The lowest BCUT2D eigenvalue weighted by Crippen LogP contribution is -2.40. The van der Waals surface area contributed by atoms with E-state index in [0.717, 1.165) is 4.88 Å². The Bertz CT molecular complexity index is 231. The first-order valence-corrected chi connectivity index (χ1v) is 4.14. The number of rotatable bonds is 3. The molecule has 0 unspecified atom stereocenters. The van der Waals surface area contributed by atoms with Gasteiger partial charge in [-0.1, -0.05) is 6.07 Å². The molecule has 0 spiro atoms. The maximum absolute atomic E-state index is 11.0. The Hall–Kier alpha value is -0.710. The quantitative estimate of drug-likeness (QED) is 0.632. The summed E-state index contributed by atoms with van der Waals surface area (Å²) in [7, 11) is 0. The number of carbonyl (C=O) groups excluding carboxylic acids is 1. The number of hydrogen-bond donors (Lipinski definition) is 2. The van der Waals surface area contributed by atoms with Crippen molar-refractivity contribution in [3.8, 4) is 0 Å². The van der Waals surface area contributed by atoms with Gasteiger partial charge in [0.2, 0.25) is 0 Å². The molecule has 0 aromatic carbocycles. The maximum atomic E-state index is 11.0. The smallest absolute Gasteiger partial charge is 0.168 e. The summed E-state index contributed by atoms with van der Waals surface area (Å²) < 4.78 is 0. The number of thiophene rings is 1. The van der Waals surface area contributed by atoms with Crippen molar-refractivity contribution in [2.45, 2.75) is 12.6 Å². The molecule has 3 nitrogen and oxygen atoms in total. The highest BCUT2D eigenvalue weighted by Gasteiger charge is 2.08. The fraction of sp³-hybridized carbons (Fsp3) is 0.286. The molecule has 0 aliphatic carbocycles. The van der Waals surface area contributed by atoms with E-state index in [1.54, 1.807) is 0 Å². The highest BCUT2D eigenvalue weighted by atomic mass is 32.1. The van der Waals surface area contributed by atoms with Crippen LogP contribution in [0.25, 0.3) is 0 Å². The predicted molar refractivity (Wildman–Crippen MR) is 45.2 cm³/mol. The molecule has 4 heteroatoms. The highest BCUT2D eigenvalue weighted by Crippen LogP contribution is 2.09. The number of nitrogens with two attached hydrogens (primary N) is 2. The minimum Gasteiger partial charge on any atom is -0.310 e. The van der Waals surface area contributed by atoms with Crippen LogP contribution in [0.4, 0.5) is 0 Å². The average Bonchev–Trinajstić information content (AvgIpc) is 2.39. The molecule has 11 heavy (non-hydrogen) atoms. The molecular weight excluding hydrogens is 160 g/mol. The van der Waals surface area contributed by atoms with Crippen LogP contribution < -0.4 is 11.5 Å². The van der Waals surface area contributed by atoms with Crippen LogP contribution in [-0.4, -0.2) is 11.9 Å². The van der Waals surface area contributed by atoms with E-state index in [2.05, 4.69) is 0 Å². The van der Waals surface area contributed by atoms with Crippen LogP contribution in [0.15, 0.2) is 17.5 Å². The standard InChI is InChI=1S/C7H10N2OS/c8-7(9)6(10)4-5-2-1-3-11-5/h1-3,7H,4,8-9H2. The van der Waals surface area contributed by atoms with E-state index >= 15 is 0 Å². The van der Waals surface area contributed by atoms with Gasteiger partial charge in [-0.3, -0.25) is 4.79 Å². The lowest BCUT2D eigenvalue weighted by molar-refractivity contribution is -0.119. The molecule has 0 aliphatic rings. The minimum absolute atomic E-state index is 0.118. The summed E-state index contributed by atoms with van der Waals surface area (Å²) in [5.41, 5.74) is 10.4. The van der Waals surface area contributed by atoms with Gasteiger partial charge in [-0.25, -0.2) is 0 Å². The van der Waals surface area contributed by atoms with E-state index in [9.17, 15) is 4.79 Å². The SMILES string of the molecule is NC(N)C(=O)Cc1cccs1. The summed E-state index contributed by atoms with van der Waals surface area (Å²) >= 11 is 1.54. The first-order valence-electron chi connectivity index (χ1n) is 3.26. The van der Waals surface area contributed by atoms with Crippen LogP contribution in [0.3, 0.4) is 0 Å². The molecule has 1 aromatic heterocycles. The van der Waals surface area contributed by atoms with E-state index in [1.165, 1.54) is 11.3 Å². The Balaban J connectivity index is 2.50. The second-order valence-corrected chi connectivity index (χ2v) is 3.28. The van der Waals surface area contributed by atoms with Crippen LogP contribution in [0, 0.1) is 0 Å². The molecule has 0 bridgehead atoms. The van der Waals surface area contributed by atoms with Gasteiger partial charge < -0.3 is 11.5 Å². The molecule has 0 aliphatic heterocycles. The highest BCUT2D eigenvalue weighted by molar-refractivity contribution is 7.10. The molecule has 1 heterocycles. The fourth-order valence-electron chi connectivity index (χ4n) is 0.703. The van der Waals surface area contributed by atoms with Gasteiger partial charge in [0.25, 0.3) is 0 Å². The molecule has 1 aromatic rings. The van der Waals surface area contributed by atoms with Crippen molar-refractivity contribution < 1.29 is 4.79 Å². The van der Waals surface area contributed by atoms with Gasteiger partial charge in [-0.2, -0.15) is 0 Å². The Morgan fingerprint density at radius 3 is 2.82 bits per heavy atom. The number of Topliss-reactive ketones (excluding diaryl/α,β-unsaturated/α-hetero) is 1. The number of carbonyl (C=O) groups is 1. The van der Waals surface area contributed by atoms with Crippen LogP contribution in [0.2, 0.25) is 0 Å². The van der Waals surface area contributed by atoms with E-state index in [-0.39, 0.29) is 5.78 Å². The van der Waals surface area contributed by atoms with Gasteiger partial charge >= 0.3 is 0 Å². The van der Waals surface area contributed by atoms with Crippen molar-refractivity contribution in [2.75, 3.05) is 0 Å². The Morgan fingerprint density at radius 2 is 2.36 bits per heavy atom. The molecule has 1 rings (SSSR count). The molecule has 0 amide bonds. The van der Waals surface area contributed by atoms with Crippen LogP contribution >= 0.6 is 11.3 Å². The van der Waals surface area contributed by atoms with Gasteiger partial charge in [0.15, 0.2) is 5.78 Å². The molecule has 0 saturated carbocycles. The summed E-state index contributed by atoms with van der Waals surface area (Å²) in [4.78, 5) is 12.0. The van der Waals surface area contributed by atoms with Crippen LogP contribution in [-0.2, 0) is 11.2 Å². The van der Waals surface area contributed by atoms with Crippen molar-refractivity contribution in [3.63, 3.8) is 0 Å². The van der Waals surface area contributed by atoms with Crippen LogP contribution in [0.5, 0.6) is 0 Å². The molecule has 4 N–H and O–H groups in total. The van der Waals surface area contributed by atoms with Gasteiger partial charge in [-0.15, -0.1) is 11.3 Å². The molecule has 0 saturated heterocycles. The summed E-state index contributed by atoms with van der Waals surface area (Å²) in [5.74, 6) is -0.118. The van der Waals surface area contributed by atoms with E-state index in [0.29, 0.717) is 6.42 Å². The van der Waals surface area contributed by atoms with Gasteiger partial charge in [-0.05, 0) is 11.4 Å². The lowest BCUT2D eigenvalue weighted by Gasteiger charge is -2.00. The third-order valence-electron chi connectivity index (χ3n) is 1.30. The summed E-state index contributed by atoms with van der Waals surface area (Å²) in [5, 5.41) is 1.92. The normalized spacial score (nSPS) is 10.5. The van der Waals surface area contributed by atoms with Crippen LogP contribution in [0.1, 0.15) is 4.88 Å². The Labute approximate surface area is 69.0 Å². The molecule has 0 atom stereocenters. The summed E-state index contributed by atoms with van der Waals surface area (Å²) in [6.07, 6.45) is -0.480. The second kappa shape index (κ2) is 3.61. The average molecular weight is 170 g/mol. The van der Waals surface area contributed by atoms with E-state index < -0.39 is 6.17 Å². The lowest BCUT2D eigenvalue weighted by atomic mass is 10.2. The largest absolute Gasteiger partial charge is 0.310 e. The summed E-state index contributed by atoms with van der Waals surface area (Å²) in [6, 6.07) is 3.79. The minimum atomic E-state index is -0.836. The molecule has 0 fully saturated rings. The number of hydrogen-bond acceptors (Lipinski definition) is 4. The predicted octanol–water partition coefficient (Wildman–Crippen LogP) is 0.103. The van der Waals surface area contributed by atoms with Gasteiger partial charge in [0.1, 0.15) is 6.17 Å². The molecule has 0 radical (unpaired) electrons. The van der Waals surface area contributed by atoms with Crippen molar-refractivity contribution >= 4 is 17.1 Å². The van der Waals surface area contributed by atoms with Crippen molar-refractivity contribution in [3.05, 3.63) is 22.4 Å². The maximum Gasteiger partial charge on any atom is 0.168 e. The molecular formula is C7H10N2OS. The molecule has 60 valence electrons. The topological polar surface area (TPSA) is 69.1 Å². The zero-order valence-electron chi connectivity index (χ0n) is 5.99. The van der Waals surface area contributed by atoms with Gasteiger partial charge in [0, 0.05) is 11.3 Å². The Morgan fingerprint density at radius 1 is 1.64 bits per heavy atom. The van der Waals surface area contributed by atoms with E-state index in [1.807, 2.05) is 17.5 Å². The van der Waals surface area contributed by atoms with Gasteiger partial charge in [0.05, 0.1) is 0 Å². The first-order chi connectivity index (χ1) is 5.20. The third kappa shape index (κ3) is 2.42. The zero-order valence-corrected chi connectivity index (χ0v) is 6.80. The number of ketones is 1. The summed E-state index contributed by atoms with van der Waals surface area (Å²) in [6.45, 7) is 0. The third-order valence-corrected chi connectivity index (χ3v) is 2.18. The zero-order chi connectivity index (χ0) is 8.27. The first kappa shape index (κ1) is 8.39. The fourth-order valence-corrected chi connectivity index (χ4v) is 1.42. The Kier molecular flexibility index (Phi) is 2.76. The second-order valence-electron chi connectivity index (χ2n) is 2.25. The van der Waals surface area contributed by atoms with E-state index in [4.69, 9.17) is 11.5 Å². The van der Waals surface area contributed by atoms with Crippen molar-refractivity contribution in [2.24, 2.45) is 11.5 Å². The van der Waals surface area contributed by atoms with Crippen molar-refractivity contribution in [1.29, 1.82) is 0 Å².